The lowest BCUT2D eigenvalue weighted by atomic mass is 10.2. The molecule has 5 nitrogen and oxygen atoms in total. The Kier molecular flexibility index (Phi) is 6.14. The number of nitrogens with one attached hydrogen (secondary N) is 2. The van der Waals surface area contributed by atoms with Crippen LogP contribution in [0.1, 0.15) is 11.1 Å². The quantitative estimate of drug-likeness (QED) is 0.506. The van der Waals surface area contributed by atoms with E-state index in [-0.39, 0.29) is 6.54 Å². The van der Waals surface area contributed by atoms with Gasteiger partial charge in [0.25, 0.3) is 0 Å². The summed E-state index contributed by atoms with van der Waals surface area (Å²) in [5.41, 5.74) is 3.60. The number of hydrogen-bond acceptors (Lipinski definition) is 3. The summed E-state index contributed by atoms with van der Waals surface area (Å²) >= 11 is 11.7. The Bertz CT molecular complexity index is 733. The van der Waals surface area contributed by atoms with Crippen molar-refractivity contribution in [2.24, 2.45) is 5.10 Å². The predicted octanol–water partition coefficient (Wildman–Crippen LogP) is 2.76. The van der Waals surface area contributed by atoms with Crippen LogP contribution in [-0.2, 0) is 16.1 Å². The van der Waals surface area contributed by atoms with Crippen molar-refractivity contribution in [3.05, 3.63) is 69.7 Å². The summed E-state index contributed by atoms with van der Waals surface area (Å²) in [6.45, 7) is 0.264. The number of benzene rings is 2. The highest BCUT2D eigenvalue weighted by atomic mass is 35.5. The molecule has 118 valence electrons. The van der Waals surface area contributed by atoms with E-state index in [1.54, 1.807) is 18.2 Å². The lowest BCUT2D eigenvalue weighted by Gasteiger charge is -2.04. The van der Waals surface area contributed by atoms with Crippen LogP contribution >= 0.6 is 23.2 Å². The summed E-state index contributed by atoms with van der Waals surface area (Å²) in [7, 11) is 0. The van der Waals surface area contributed by atoms with Gasteiger partial charge in [-0.15, -0.1) is 0 Å². The number of nitrogens with zero attached hydrogens (tertiary/aromatic N) is 1. The number of hydrazone groups is 1. The highest BCUT2D eigenvalue weighted by Gasteiger charge is 2.11. The van der Waals surface area contributed by atoms with E-state index >= 15 is 0 Å². The van der Waals surface area contributed by atoms with E-state index in [1.165, 1.54) is 6.21 Å². The van der Waals surface area contributed by atoms with Gasteiger partial charge in [-0.3, -0.25) is 9.59 Å². The molecule has 0 aromatic heterocycles. The first kappa shape index (κ1) is 17.0. The van der Waals surface area contributed by atoms with Crippen molar-refractivity contribution >= 4 is 41.2 Å². The molecule has 2 amide bonds. The first-order valence-electron chi connectivity index (χ1n) is 6.66. The normalized spacial score (nSPS) is 10.5. The fourth-order valence-corrected chi connectivity index (χ4v) is 2.13. The minimum Gasteiger partial charge on any atom is -0.344 e. The van der Waals surface area contributed by atoms with Crippen molar-refractivity contribution in [3.8, 4) is 0 Å². The maximum atomic E-state index is 11.6. The molecule has 0 heterocycles. The van der Waals surface area contributed by atoms with E-state index in [1.807, 2.05) is 30.3 Å². The van der Waals surface area contributed by atoms with Gasteiger partial charge in [0.2, 0.25) is 0 Å². The van der Waals surface area contributed by atoms with Crippen LogP contribution in [-0.4, -0.2) is 18.0 Å². The van der Waals surface area contributed by atoms with Crippen LogP contribution in [0.15, 0.2) is 53.6 Å². The Morgan fingerprint density at radius 3 is 2.48 bits per heavy atom. The lowest BCUT2D eigenvalue weighted by Crippen LogP contribution is -2.37. The molecule has 2 rings (SSSR count). The molecule has 0 radical (unpaired) electrons. The number of carbonyl (C=O) groups is 2. The Balaban J connectivity index is 1.84. The number of hydrogen-bond donors (Lipinski definition) is 2. The fraction of sp³-hybridized carbons (Fsp3) is 0.0625. The first-order valence-corrected chi connectivity index (χ1v) is 7.42. The first-order chi connectivity index (χ1) is 11.1. The van der Waals surface area contributed by atoms with E-state index < -0.39 is 11.8 Å². The second-order valence-electron chi connectivity index (χ2n) is 4.53. The maximum absolute atomic E-state index is 11.6. The molecule has 0 aliphatic rings. The molecule has 23 heavy (non-hydrogen) atoms. The van der Waals surface area contributed by atoms with Gasteiger partial charge in [-0.25, -0.2) is 5.43 Å². The number of halogens is 2. The van der Waals surface area contributed by atoms with Crippen LogP contribution in [0.5, 0.6) is 0 Å². The highest BCUT2D eigenvalue weighted by molar-refractivity contribution is 6.36. The summed E-state index contributed by atoms with van der Waals surface area (Å²) in [5, 5.41) is 7.08. The van der Waals surface area contributed by atoms with E-state index in [9.17, 15) is 9.59 Å². The molecule has 2 N–H and O–H groups in total. The van der Waals surface area contributed by atoms with Crippen molar-refractivity contribution in [2.45, 2.75) is 6.54 Å². The molecule has 2 aromatic rings. The van der Waals surface area contributed by atoms with Crippen molar-refractivity contribution in [1.29, 1.82) is 0 Å². The van der Waals surface area contributed by atoms with E-state index in [2.05, 4.69) is 15.8 Å². The second-order valence-corrected chi connectivity index (χ2v) is 5.38. The van der Waals surface area contributed by atoms with Crippen molar-refractivity contribution in [2.75, 3.05) is 0 Å². The number of rotatable bonds is 4. The summed E-state index contributed by atoms with van der Waals surface area (Å²) < 4.78 is 0. The molecular weight excluding hydrogens is 337 g/mol. The molecule has 0 bridgehead atoms. The fourth-order valence-electron chi connectivity index (χ4n) is 1.68. The van der Waals surface area contributed by atoms with Gasteiger partial charge in [-0.1, -0.05) is 59.6 Å². The third-order valence-corrected chi connectivity index (χ3v) is 3.40. The zero-order valence-electron chi connectivity index (χ0n) is 11.9. The van der Waals surface area contributed by atoms with E-state index in [4.69, 9.17) is 23.2 Å². The SMILES string of the molecule is O=C(NCc1ccccc1)C(=O)N/N=C/c1ccc(Cl)cc1Cl. The standard InChI is InChI=1S/C16H13Cl2N3O2/c17-13-7-6-12(14(18)8-13)10-20-21-16(23)15(22)19-9-11-4-2-1-3-5-11/h1-8,10H,9H2,(H,19,22)(H,21,23)/b20-10+. The molecular formula is C16H13Cl2N3O2. The summed E-state index contributed by atoms with van der Waals surface area (Å²) in [4.78, 5) is 23.2. The van der Waals surface area contributed by atoms with Gasteiger partial charge in [-0.2, -0.15) is 5.10 Å². The van der Waals surface area contributed by atoms with E-state index in [0.717, 1.165) is 5.56 Å². The Hall–Kier alpha value is -2.37. The molecule has 0 aliphatic heterocycles. The van der Waals surface area contributed by atoms with Crippen LogP contribution in [0.4, 0.5) is 0 Å². The Labute approximate surface area is 143 Å². The maximum Gasteiger partial charge on any atom is 0.329 e. The van der Waals surface area contributed by atoms with Crippen LogP contribution in [0, 0.1) is 0 Å². The average molecular weight is 350 g/mol. The third kappa shape index (κ3) is 5.39. The molecule has 0 saturated heterocycles. The number of amides is 2. The molecule has 0 spiro atoms. The van der Waals surface area contributed by atoms with Crippen molar-refractivity contribution < 1.29 is 9.59 Å². The van der Waals surface area contributed by atoms with Gasteiger partial charge in [0.05, 0.1) is 11.2 Å². The third-order valence-electron chi connectivity index (χ3n) is 2.83. The molecule has 0 fully saturated rings. The smallest absolute Gasteiger partial charge is 0.329 e. The average Bonchev–Trinajstić information content (AvgIpc) is 2.55. The van der Waals surface area contributed by atoms with Crippen molar-refractivity contribution in [3.63, 3.8) is 0 Å². The molecule has 0 atom stereocenters. The van der Waals surface area contributed by atoms with Crippen LogP contribution < -0.4 is 10.7 Å². The topological polar surface area (TPSA) is 70.6 Å². The molecule has 2 aromatic carbocycles. The summed E-state index contributed by atoms with van der Waals surface area (Å²) in [6, 6.07) is 14.1. The molecule has 0 saturated carbocycles. The zero-order valence-corrected chi connectivity index (χ0v) is 13.4. The minimum atomic E-state index is -0.859. The summed E-state index contributed by atoms with van der Waals surface area (Å²) in [6.07, 6.45) is 1.33. The van der Waals surface area contributed by atoms with Gasteiger partial charge in [0, 0.05) is 17.1 Å². The van der Waals surface area contributed by atoms with Gasteiger partial charge in [0.1, 0.15) is 0 Å². The van der Waals surface area contributed by atoms with Crippen molar-refractivity contribution in [1.82, 2.24) is 10.7 Å². The lowest BCUT2D eigenvalue weighted by molar-refractivity contribution is -0.139. The second kappa shape index (κ2) is 8.31. The van der Waals surface area contributed by atoms with Crippen LogP contribution in [0.3, 0.4) is 0 Å². The number of carbonyl (C=O) groups excluding carboxylic acids is 2. The van der Waals surface area contributed by atoms with Crippen LogP contribution in [0.25, 0.3) is 0 Å². The van der Waals surface area contributed by atoms with Crippen LogP contribution in [0.2, 0.25) is 10.0 Å². The monoisotopic (exact) mass is 349 g/mol. The Morgan fingerprint density at radius 1 is 1.04 bits per heavy atom. The highest BCUT2D eigenvalue weighted by Crippen LogP contribution is 2.19. The van der Waals surface area contributed by atoms with Gasteiger partial charge in [-0.05, 0) is 17.7 Å². The zero-order chi connectivity index (χ0) is 16.7. The Morgan fingerprint density at radius 2 is 1.78 bits per heavy atom. The molecule has 0 unspecified atom stereocenters. The summed E-state index contributed by atoms with van der Waals surface area (Å²) in [5.74, 6) is -1.63. The van der Waals surface area contributed by atoms with E-state index in [0.29, 0.717) is 15.6 Å². The predicted molar refractivity (Wildman–Crippen MR) is 90.5 cm³/mol. The molecule has 7 heteroatoms. The largest absolute Gasteiger partial charge is 0.344 e. The van der Waals surface area contributed by atoms with Gasteiger partial charge >= 0.3 is 11.8 Å². The van der Waals surface area contributed by atoms with Gasteiger partial charge < -0.3 is 5.32 Å². The molecule has 0 aliphatic carbocycles. The van der Waals surface area contributed by atoms with Gasteiger partial charge in [0.15, 0.2) is 0 Å². The minimum absolute atomic E-state index is 0.264.